The zero-order chi connectivity index (χ0) is 14.1. The van der Waals surface area contributed by atoms with Crippen LogP contribution in [0.25, 0.3) is 16.9 Å². The number of nitrogens with zero attached hydrogens (tertiary/aromatic N) is 4. The lowest BCUT2D eigenvalue weighted by atomic mass is 10.2. The molecule has 6 nitrogen and oxygen atoms in total. The molecule has 4 N–H and O–H groups in total. The fourth-order valence-corrected chi connectivity index (χ4v) is 2.12. The number of imidazole rings is 1. The van der Waals surface area contributed by atoms with Crippen molar-refractivity contribution in [1.29, 1.82) is 0 Å². The van der Waals surface area contributed by atoms with Crippen LogP contribution < -0.4 is 11.6 Å². The van der Waals surface area contributed by atoms with Crippen LogP contribution in [0.3, 0.4) is 0 Å². The maximum absolute atomic E-state index is 6.00. The molecular formula is C14H16N6. The first-order valence-corrected chi connectivity index (χ1v) is 6.43. The van der Waals surface area contributed by atoms with E-state index in [0.29, 0.717) is 11.5 Å². The molecule has 0 spiro atoms. The zero-order valence-electron chi connectivity index (χ0n) is 11.2. The quantitative estimate of drug-likeness (QED) is 0.706. The van der Waals surface area contributed by atoms with Gasteiger partial charge in [-0.15, -0.1) is 0 Å². The van der Waals surface area contributed by atoms with Crippen LogP contribution in [0, 0.1) is 0 Å². The molecule has 102 valence electrons. The Bertz CT molecular complexity index is 725. The highest BCUT2D eigenvalue weighted by Gasteiger charge is 2.15. The van der Waals surface area contributed by atoms with Crippen LogP contribution in [0.5, 0.6) is 0 Å². The van der Waals surface area contributed by atoms with Crippen molar-refractivity contribution < 1.29 is 0 Å². The van der Waals surface area contributed by atoms with E-state index in [9.17, 15) is 0 Å². The fourth-order valence-electron chi connectivity index (χ4n) is 2.12. The van der Waals surface area contributed by atoms with Gasteiger partial charge >= 0.3 is 0 Å². The van der Waals surface area contributed by atoms with Crippen molar-refractivity contribution in [2.45, 2.75) is 13.3 Å². The molecule has 0 atom stereocenters. The summed E-state index contributed by atoms with van der Waals surface area (Å²) in [5.74, 6) is 7.08. The number of nitrogen functional groups attached to an aromatic ring is 2. The first-order valence-electron chi connectivity index (χ1n) is 6.43. The van der Waals surface area contributed by atoms with Gasteiger partial charge in [0.05, 0.1) is 11.9 Å². The lowest BCUT2D eigenvalue weighted by molar-refractivity contribution is 0.865. The molecule has 2 heterocycles. The second-order valence-corrected chi connectivity index (χ2v) is 4.49. The van der Waals surface area contributed by atoms with Crippen molar-refractivity contribution in [1.82, 2.24) is 19.4 Å². The second kappa shape index (κ2) is 4.73. The Labute approximate surface area is 116 Å². The normalized spacial score (nSPS) is 10.8. The molecule has 3 aromatic rings. The molecule has 0 bridgehead atoms. The number of aromatic nitrogens is 4. The van der Waals surface area contributed by atoms with Gasteiger partial charge in [0.25, 0.3) is 0 Å². The Hall–Kier alpha value is -2.76. The number of rotatable bonds is 3. The van der Waals surface area contributed by atoms with Crippen LogP contribution in [0.4, 0.5) is 5.82 Å². The van der Waals surface area contributed by atoms with Gasteiger partial charge in [0.2, 0.25) is 0 Å². The second-order valence-electron chi connectivity index (χ2n) is 4.49. The highest BCUT2D eigenvalue weighted by Crippen LogP contribution is 2.25. The zero-order valence-corrected chi connectivity index (χ0v) is 11.2. The van der Waals surface area contributed by atoms with Crippen LogP contribution in [0.1, 0.15) is 12.7 Å². The Kier molecular flexibility index (Phi) is 2.90. The SMILES string of the molecule is CCc1nc(-c2cnn(-c3ccccc3)c2)c(N)n1N. The van der Waals surface area contributed by atoms with Crippen molar-refractivity contribution in [2.24, 2.45) is 0 Å². The minimum Gasteiger partial charge on any atom is -0.382 e. The average Bonchev–Trinajstić information content (AvgIpc) is 3.07. The highest BCUT2D eigenvalue weighted by atomic mass is 15.4. The summed E-state index contributed by atoms with van der Waals surface area (Å²) >= 11 is 0. The third kappa shape index (κ3) is 1.91. The monoisotopic (exact) mass is 268 g/mol. The largest absolute Gasteiger partial charge is 0.382 e. The number of hydrogen-bond acceptors (Lipinski definition) is 4. The van der Waals surface area contributed by atoms with E-state index in [4.69, 9.17) is 11.6 Å². The van der Waals surface area contributed by atoms with Gasteiger partial charge in [-0.1, -0.05) is 25.1 Å². The Morgan fingerprint density at radius 2 is 1.95 bits per heavy atom. The molecule has 0 amide bonds. The summed E-state index contributed by atoms with van der Waals surface area (Å²) in [6.07, 6.45) is 4.37. The van der Waals surface area contributed by atoms with Crippen molar-refractivity contribution in [2.75, 3.05) is 11.6 Å². The summed E-state index contributed by atoms with van der Waals surface area (Å²) in [4.78, 5) is 4.46. The predicted octanol–water partition coefficient (Wildman–Crippen LogP) is 1.59. The molecule has 1 aromatic carbocycles. The highest BCUT2D eigenvalue weighted by molar-refractivity contribution is 5.70. The van der Waals surface area contributed by atoms with Gasteiger partial charge in [0, 0.05) is 18.2 Å². The third-order valence-electron chi connectivity index (χ3n) is 3.21. The maximum Gasteiger partial charge on any atom is 0.150 e. The average molecular weight is 268 g/mol. The first-order chi connectivity index (χ1) is 9.70. The van der Waals surface area contributed by atoms with Crippen molar-refractivity contribution >= 4 is 5.82 Å². The molecule has 6 heteroatoms. The Balaban J connectivity index is 2.03. The number of nitrogens with two attached hydrogens (primary N) is 2. The lowest BCUT2D eigenvalue weighted by Gasteiger charge is -1.99. The van der Waals surface area contributed by atoms with Crippen LogP contribution in [0.15, 0.2) is 42.7 Å². The molecule has 0 saturated carbocycles. The number of benzene rings is 1. The van der Waals surface area contributed by atoms with E-state index in [0.717, 1.165) is 23.5 Å². The molecule has 0 aliphatic carbocycles. The van der Waals surface area contributed by atoms with Crippen molar-refractivity contribution in [3.63, 3.8) is 0 Å². The van der Waals surface area contributed by atoms with E-state index >= 15 is 0 Å². The third-order valence-corrected chi connectivity index (χ3v) is 3.21. The molecule has 3 rings (SSSR count). The molecule has 20 heavy (non-hydrogen) atoms. The van der Waals surface area contributed by atoms with Gasteiger partial charge in [-0.3, -0.25) is 0 Å². The standard InChI is InChI=1S/C14H16N6/c1-2-12-18-13(14(15)20(12)16)10-8-17-19(9-10)11-6-4-3-5-7-11/h3-9H,2,15-16H2,1H3. The van der Waals surface area contributed by atoms with Gasteiger partial charge in [0.15, 0.2) is 5.82 Å². The molecule has 0 aliphatic rings. The topological polar surface area (TPSA) is 87.7 Å². The van der Waals surface area contributed by atoms with Crippen molar-refractivity contribution in [3.05, 3.63) is 48.5 Å². The van der Waals surface area contributed by atoms with Crippen LogP contribution in [-0.4, -0.2) is 19.4 Å². The van der Waals surface area contributed by atoms with Gasteiger partial charge in [0.1, 0.15) is 11.5 Å². The van der Waals surface area contributed by atoms with Gasteiger partial charge in [-0.05, 0) is 12.1 Å². The van der Waals surface area contributed by atoms with E-state index in [1.54, 1.807) is 10.9 Å². The van der Waals surface area contributed by atoms with E-state index in [2.05, 4.69) is 10.1 Å². The lowest BCUT2D eigenvalue weighted by Crippen LogP contribution is -2.14. The molecule has 0 unspecified atom stereocenters. The number of para-hydroxylation sites is 1. The smallest absolute Gasteiger partial charge is 0.150 e. The minimum atomic E-state index is 0.453. The molecular weight excluding hydrogens is 252 g/mol. The van der Waals surface area contributed by atoms with Crippen molar-refractivity contribution in [3.8, 4) is 16.9 Å². The predicted molar refractivity (Wildman–Crippen MR) is 78.7 cm³/mol. The molecule has 0 aliphatic heterocycles. The summed E-state index contributed by atoms with van der Waals surface area (Å²) in [5, 5.41) is 4.34. The van der Waals surface area contributed by atoms with Crippen LogP contribution in [-0.2, 0) is 6.42 Å². The van der Waals surface area contributed by atoms with Gasteiger partial charge in [-0.25, -0.2) is 14.3 Å². The summed E-state index contributed by atoms with van der Waals surface area (Å²) in [6, 6.07) is 9.87. The fraction of sp³-hybridized carbons (Fsp3) is 0.143. The summed E-state index contributed by atoms with van der Waals surface area (Å²) in [7, 11) is 0. The van der Waals surface area contributed by atoms with Gasteiger partial charge in [-0.2, -0.15) is 5.10 Å². The van der Waals surface area contributed by atoms with Crippen LogP contribution >= 0.6 is 0 Å². The number of hydrogen-bond donors (Lipinski definition) is 2. The molecule has 0 radical (unpaired) electrons. The number of anilines is 1. The molecule has 2 aromatic heterocycles. The van der Waals surface area contributed by atoms with E-state index in [1.165, 1.54) is 4.68 Å². The van der Waals surface area contributed by atoms with E-state index in [1.807, 2.05) is 43.5 Å². The molecule has 0 saturated heterocycles. The van der Waals surface area contributed by atoms with Gasteiger partial charge < -0.3 is 11.6 Å². The minimum absolute atomic E-state index is 0.453. The Morgan fingerprint density at radius 3 is 2.60 bits per heavy atom. The Morgan fingerprint density at radius 1 is 1.20 bits per heavy atom. The summed E-state index contributed by atoms with van der Waals surface area (Å²) in [6.45, 7) is 1.99. The maximum atomic E-state index is 6.00. The van der Waals surface area contributed by atoms with E-state index in [-0.39, 0.29) is 0 Å². The van der Waals surface area contributed by atoms with Crippen LogP contribution in [0.2, 0.25) is 0 Å². The summed E-state index contributed by atoms with van der Waals surface area (Å²) < 4.78 is 3.21. The molecule has 0 fully saturated rings. The van der Waals surface area contributed by atoms with E-state index < -0.39 is 0 Å². The number of aryl methyl sites for hydroxylation is 1. The summed E-state index contributed by atoms with van der Waals surface area (Å²) in [5.41, 5.74) is 8.51. The first kappa shape index (κ1) is 12.3.